The summed E-state index contributed by atoms with van der Waals surface area (Å²) in [6.07, 6.45) is 7.41. The van der Waals surface area contributed by atoms with Crippen molar-refractivity contribution in [1.82, 2.24) is 24.7 Å². The van der Waals surface area contributed by atoms with Crippen molar-refractivity contribution in [2.24, 2.45) is 5.41 Å². The van der Waals surface area contributed by atoms with Gasteiger partial charge in [-0.2, -0.15) is 13.2 Å². The maximum atomic E-state index is 14.3. The van der Waals surface area contributed by atoms with E-state index in [1.165, 1.54) is 34.8 Å². The van der Waals surface area contributed by atoms with Crippen LogP contribution in [0.5, 0.6) is 0 Å². The largest absolute Gasteiger partial charge is 0.501 e. The number of aromatic nitrogens is 2. The van der Waals surface area contributed by atoms with Crippen LogP contribution < -0.4 is 10.0 Å². The van der Waals surface area contributed by atoms with Crippen LogP contribution in [0.4, 0.5) is 24.7 Å². The lowest BCUT2D eigenvalue weighted by Gasteiger charge is -2.41. The fourth-order valence-electron chi connectivity index (χ4n) is 9.57. The van der Waals surface area contributed by atoms with E-state index in [1.54, 1.807) is 0 Å². The minimum absolute atomic E-state index is 0.0171. The normalized spacial score (nSPS) is 19.8. The predicted octanol–water partition coefficient (Wildman–Crippen LogP) is 9.01. The van der Waals surface area contributed by atoms with Crippen molar-refractivity contribution in [3.63, 3.8) is 0 Å². The molecule has 0 bridgehead atoms. The molecule has 3 aliphatic heterocycles. The third kappa shape index (κ3) is 12.4. The number of likely N-dealkylation sites (tertiary alicyclic amines) is 1. The first-order valence-corrected chi connectivity index (χ1v) is 27.3. The molecular weight excluding hydrogens is 943 g/mol. The van der Waals surface area contributed by atoms with Crippen LogP contribution in [0, 0.1) is 5.41 Å². The molecule has 362 valence electrons. The van der Waals surface area contributed by atoms with Crippen molar-refractivity contribution >= 4 is 60.3 Å². The number of ether oxygens (including phenoxy) is 1. The van der Waals surface area contributed by atoms with Gasteiger partial charge in [-0.1, -0.05) is 61.4 Å². The van der Waals surface area contributed by atoms with Gasteiger partial charge in [0.15, 0.2) is 0 Å². The Bertz CT molecular complexity index is 2610. The van der Waals surface area contributed by atoms with Gasteiger partial charge in [0.1, 0.15) is 17.0 Å². The SMILES string of the molecule is CC1(C)CCC(CN2CCC(N3CCc4c(ncnc4NS(=O)(=O)c4ccc(NC(CCN5CCOCC5)CSc5ccccc5)c(S(=O)(=O)C(F)(F)F)c4)C3)CC2)=C(c2ccc(Cl)cc2)C1. The van der Waals surface area contributed by atoms with E-state index in [0.717, 1.165) is 73.8 Å². The number of benzene rings is 3. The molecule has 0 radical (unpaired) electrons. The van der Waals surface area contributed by atoms with Crippen LogP contribution in [-0.2, 0) is 37.6 Å². The molecule has 2 saturated heterocycles. The van der Waals surface area contributed by atoms with Crippen molar-refractivity contribution in [3.05, 3.63) is 107 Å². The van der Waals surface area contributed by atoms with Gasteiger partial charge in [-0.25, -0.2) is 26.8 Å². The average Bonchev–Trinajstić information content (AvgIpc) is 3.31. The van der Waals surface area contributed by atoms with Crippen LogP contribution >= 0.6 is 23.4 Å². The number of rotatable bonds is 16. The van der Waals surface area contributed by atoms with E-state index >= 15 is 0 Å². The summed E-state index contributed by atoms with van der Waals surface area (Å²) in [7, 11) is -10.6. The minimum Gasteiger partial charge on any atom is -0.380 e. The molecule has 4 heterocycles. The van der Waals surface area contributed by atoms with Gasteiger partial charge in [0.2, 0.25) is 0 Å². The fourth-order valence-corrected chi connectivity index (χ4v) is 12.8. The number of anilines is 2. The third-order valence-corrected chi connectivity index (χ3v) is 17.7. The van der Waals surface area contributed by atoms with Gasteiger partial charge in [-0.3, -0.25) is 19.4 Å². The summed E-state index contributed by atoms with van der Waals surface area (Å²) >= 11 is 7.72. The summed E-state index contributed by atoms with van der Waals surface area (Å²) < 4.78 is 105. The highest BCUT2D eigenvalue weighted by atomic mass is 35.5. The minimum atomic E-state index is -6.00. The number of piperidine rings is 1. The Morgan fingerprint density at radius 2 is 1.64 bits per heavy atom. The Morgan fingerprint density at radius 3 is 2.36 bits per heavy atom. The second-order valence-corrected chi connectivity index (χ2v) is 23.8. The summed E-state index contributed by atoms with van der Waals surface area (Å²) in [5.74, 6) is 0.421. The number of hydrogen-bond acceptors (Lipinski definition) is 12. The highest BCUT2D eigenvalue weighted by molar-refractivity contribution is 7.99. The molecular formula is C48H59ClF3N7O5S3. The number of nitrogens with zero attached hydrogens (tertiary/aromatic N) is 5. The molecule has 4 aliphatic rings. The zero-order valence-corrected chi connectivity index (χ0v) is 41.1. The zero-order valence-electron chi connectivity index (χ0n) is 37.9. The Balaban J connectivity index is 0.950. The van der Waals surface area contributed by atoms with Crippen molar-refractivity contribution in [2.75, 3.05) is 74.8 Å². The molecule has 8 rings (SSSR count). The van der Waals surface area contributed by atoms with Crippen LogP contribution in [0.2, 0.25) is 5.02 Å². The number of sulfonamides is 1. The van der Waals surface area contributed by atoms with Crippen molar-refractivity contribution in [1.29, 1.82) is 0 Å². The van der Waals surface area contributed by atoms with Crippen molar-refractivity contribution in [2.45, 2.75) is 97.6 Å². The Kier molecular flexibility index (Phi) is 15.6. The van der Waals surface area contributed by atoms with Crippen LogP contribution in [-0.4, -0.2) is 124 Å². The van der Waals surface area contributed by atoms with Crippen LogP contribution in [0.25, 0.3) is 5.57 Å². The number of fused-ring (bicyclic) bond motifs is 1. The molecule has 19 heteroatoms. The molecule has 1 unspecified atom stereocenters. The lowest BCUT2D eigenvalue weighted by molar-refractivity contribution is -0.0435. The predicted molar refractivity (Wildman–Crippen MR) is 259 cm³/mol. The lowest BCUT2D eigenvalue weighted by atomic mass is 9.72. The van der Waals surface area contributed by atoms with Crippen LogP contribution in [0.3, 0.4) is 0 Å². The molecule has 0 amide bonds. The summed E-state index contributed by atoms with van der Waals surface area (Å²) in [6.45, 7) is 11.8. The second kappa shape index (κ2) is 21.1. The molecule has 1 aromatic heterocycles. The number of sulfone groups is 1. The van der Waals surface area contributed by atoms with Gasteiger partial charge >= 0.3 is 5.51 Å². The van der Waals surface area contributed by atoms with E-state index in [9.17, 15) is 30.0 Å². The highest BCUT2D eigenvalue weighted by Crippen LogP contribution is 2.44. The first-order chi connectivity index (χ1) is 31.9. The molecule has 1 aliphatic carbocycles. The Morgan fingerprint density at radius 1 is 0.910 bits per heavy atom. The topological polar surface area (TPSA) is 137 Å². The van der Waals surface area contributed by atoms with Crippen molar-refractivity contribution < 1.29 is 34.7 Å². The summed E-state index contributed by atoms with van der Waals surface area (Å²) in [5.41, 5.74) is -0.341. The maximum Gasteiger partial charge on any atom is 0.501 e. The highest BCUT2D eigenvalue weighted by Gasteiger charge is 2.48. The fraction of sp³-hybridized carbons (Fsp3) is 0.500. The van der Waals surface area contributed by atoms with Gasteiger partial charge in [0, 0.05) is 72.6 Å². The molecule has 67 heavy (non-hydrogen) atoms. The van der Waals surface area contributed by atoms with Crippen LogP contribution in [0.15, 0.2) is 99.4 Å². The van der Waals surface area contributed by atoms with Gasteiger partial charge in [0.05, 0.1) is 29.5 Å². The third-order valence-electron chi connectivity index (χ3n) is 13.4. The van der Waals surface area contributed by atoms with E-state index < -0.39 is 41.2 Å². The average molecular weight is 1000 g/mol. The number of allylic oxidation sites excluding steroid dienone is 1. The first-order valence-electron chi connectivity index (χ1n) is 22.9. The van der Waals surface area contributed by atoms with Gasteiger partial charge in [-0.05, 0) is 117 Å². The second-order valence-electron chi connectivity index (χ2n) is 18.7. The van der Waals surface area contributed by atoms with Crippen molar-refractivity contribution in [3.8, 4) is 0 Å². The summed E-state index contributed by atoms with van der Waals surface area (Å²) in [4.78, 5) is 15.0. The van der Waals surface area contributed by atoms with E-state index in [2.05, 4.69) is 60.7 Å². The van der Waals surface area contributed by atoms with Gasteiger partial charge in [0.25, 0.3) is 19.9 Å². The smallest absolute Gasteiger partial charge is 0.380 e. The Labute approximate surface area is 402 Å². The molecule has 0 saturated carbocycles. The molecule has 1 atom stereocenters. The molecule has 12 nitrogen and oxygen atoms in total. The number of morpholine rings is 1. The molecule has 2 fully saturated rings. The monoisotopic (exact) mass is 1000 g/mol. The summed E-state index contributed by atoms with van der Waals surface area (Å²) in [5, 5.41) is 3.79. The van der Waals surface area contributed by atoms with E-state index in [0.29, 0.717) is 87.9 Å². The van der Waals surface area contributed by atoms with E-state index in [4.69, 9.17) is 16.3 Å². The zero-order chi connectivity index (χ0) is 47.4. The maximum absolute atomic E-state index is 14.3. The number of nitrogens with one attached hydrogen (secondary N) is 2. The number of alkyl halides is 3. The first kappa shape index (κ1) is 49.7. The molecule has 4 aromatic rings. The quantitative estimate of drug-likeness (QED) is 0.104. The standard InChI is InChI=1S/C48H59ClF3N7O5S3/c1-47(2)19-14-35(42(29-47)34-8-10-36(49)11-9-34)30-58-21-16-38(17-22-58)59-23-18-41-44(31-59)53-33-54-46(41)56-67(62,63)40-12-13-43(45(28-40)66(60,61)48(50,51)52)55-37(15-20-57-24-26-64-27-25-57)32-65-39-6-4-3-5-7-39/h3-13,28,33,37-38,55H,14-27,29-32H2,1-2H3,(H,53,54,56). The Hall–Kier alpha value is -3.75. The molecule has 0 spiro atoms. The number of thioether (sulfide) groups is 1. The molecule has 3 aromatic carbocycles. The lowest BCUT2D eigenvalue weighted by Crippen LogP contribution is -2.47. The number of hydrogen-bond donors (Lipinski definition) is 2. The van der Waals surface area contributed by atoms with Crippen LogP contribution in [0.1, 0.15) is 69.2 Å². The van der Waals surface area contributed by atoms with Gasteiger partial charge < -0.3 is 10.1 Å². The number of halogens is 4. The van der Waals surface area contributed by atoms with Gasteiger partial charge in [-0.15, -0.1) is 11.8 Å². The van der Waals surface area contributed by atoms with E-state index in [1.807, 2.05) is 42.5 Å². The van der Waals surface area contributed by atoms with E-state index in [-0.39, 0.29) is 16.9 Å². The molecule has 2 N–H and O–H groups in total. The summed E-state index contributed by atoms with van der Waals surface area (Å²) in [6, 6.07) is 20.3.